The molecule has 2 rings (SSSR count). The molecule has 0 radical (unpaired) electrons. The SMILES string of the molecule is CC.Cc1cccc(C2(C)OCCO2)c1. The monoisotopic (exact) mass is 208 g/mol. The molecular formula is C13H20O2. The van der Waals surface area contributed by atoms with Gasteiger partial charge in [0.05, 0.1) is 13.2 Å². The maximum Gasteiger partial charge on any atom is 0.192 e. The van der Waals surface area contributed by atoms with Crippen molar-refractivity contribution in [3.8, 4) is 0 Å². The summed E-state index contributed by atoms with van der Waals surface area (Å²) in [6.07, 6.45) is 0. The first kappa shape index (κ1) is 12.2. The van der Waals surface area contributed by atoms with Gasteiger partial charge in [-0.25, -0.2) is 0 Å². The molecule has 2 heteroatoms. The summed E-state index contributed by atoms with van der Waals surface area (Å²) in [6, 6.07) is 8.24. The molecule has 0 saturated carbocycles. The Labute approximate surface area is 92.2 Å². The molecule has 2 nitrogen and oxygen atoms in total. The summed E-state index contributed by atoms with van der Waals surface area (Å²) in [4.78, 5) is 0. The van der Waals surface area contributed by atoms with Crippen LogP contribution in [0.5, 0.6) is 0 Å². The molecule has 1 aliphatic heterocycles. The fourth-order valence-electron chi connectivity index (χ4n) is 1.61. The van der Waals surface area contributed by atoms with Crippen LogP contribution in [0, 0.1) is 6.92 Å². The van der Waals surface area contributed by atoms with Gasteiger partial charge in [0.15, 0.2) is 5.79 Å². The Morgan fingerprint density at radius 2 is 1.73 bits per heavy atom. The van der Waals surface area contributed by atoms with E-state index in [4.69, 9.17) is 9.47 Å². The molecule has 0 aromatic heterocycles. The van der Waals surface area contributed by atoms with Gasteiger partial charge >= 0.3 is 0 Å². The highest BCUT2D eigenvalue weighted by molar-refractivity contribution is 5.25. The topological polar surface area (TPSA) is 18.5 Å². The fraction of sp³-hybridized carbons (Fsp3) is 0.538. The first-order valence-corrected chi connectivity index (χ1v) is 5.56. The van der Waals surface area contributed by atoms with Crippen LogP contribution in [-0.4, -0.2) is 13.2 Å². The van der Waals surface area contributed by atoms with Crippen molar-refractivity contribution in [2.24, 2.45) is 0 Å². The van der Waals surface area contributed by atoms with Gasteiger partial charge in [-0.1, -0.05) is 43.7 Å². The lowest BCUT2D eigenvalue weighted by Crippen LogP contribution is -2.22. The van der Waals surface area contributed by atoms with Crippen molar-refractivity contribution < 1.29 is 9.47 Å². The van der Waals surface area contributed by atoms with E-state index >= 15 is 0 Å². The van der Waals surface area contributed by atoms with Gasteiger partial charge in [0.2, 0.25) is 0 Å². The molecule has 1 fully saturated rings. The molecule has 0 atom stereocenters. The Balaban J connectivity index is 0.000000531. The Morgan fingerprint density at radius 3 is 2.27 bits per heavy atom. The lowest BCUT2D eigenvalue weighted by molar-refractivity contribution is -0.149. The number of ether oxygens (including phenoxy) is 2. The normalized spacial score (nSPS) is 18.1. The second-order valence-corrected chi connectivity index (χ2v) is 3.51. The first-order valence-electron chi connectivity index (χ1n) is 5.56. The van der Waals surface area contributed by atoms with E-state index in [9.17, 15) is 0 Å². The van der Waals surface area contributed by atoms with E-state index in [1.54, 1.807) is 0 Å². The van der Waals surface area contributed by atoms with Gasteiger partial charge in [0.1, 0.15) is 0 Å². The molecule has 1 aliphatic rings. The average Bonchev–Trinajstić information content (AvgIpc) is 2.70. The van der Waals surface area contributed by atoms with Crippen LogP contribution in [0.2, 0.25) is 0 Å². The first-order chi connectivity index (χ1) is 7.21. The van der Waals surface area contributed by atoms with Crippen molar-refractivity contribution >= 4 is 0 Å². The zero-order valence-electron chi connectivity index (χ0n) is 10.0. The highest BCUT2D eigenvalue weighted by Crippen LogP contribution is 2.30. The Morgan fingerprint density at radius 1 is 1.13 bits per heavy atom. The van der Waals surface area contributed by atoms with Crippen LogP contribution >= 0.6 is 0 Å². The van der Waals surface area contributed by atoms with E-state index in [-0.39, 0.29) is 0 Å². The van der Waals surface area contributed by atoms with Crippen LogP contribution in [-0.2, 0) is 15.3 Å². The minimum Gasteiger partial charge on any atom is -0.344 e. The minimum atomic E-state index is -0.522. The lowest BCUT2D eigenvalue weighted by Gasteiger charge is -2.22. The second-order valence-electron chi connectivity index (χ2n) is 3.51. The number of hydrogen-bond donors (Lipinski definition) is 0. The van der Waals surface area contributed by atoms with Crippen molar-refractivity contribution in [1.82, 2.24) is 0 Å². The molecule has 0 aliphatic carbocycles. The number of hydrogen-bond acceptors (Lipinski definition) is 2. The lowest BCUT2D eigenvalue weighted by atomic mass is 10.1. The third-order valence-corrected chi connectivity index (χ3v) is 2.38. The van der Waals surface area contributed by atoms with E-state index in [1.165, 1.54) is 5.56 Å². The van der Waals surface area contributed by atoms with Crippen molar-refractivity contribution in [3.05, 3.63) is 35.4 Å². The van der Waals surface area contributed by atoms with Crippen LogP contribution < -0.4 is 0 Å². The van der Waals surface area contributed by atoms with Crippen LogP contribution in [0.1, 0.15) is 31.9 Å². The van der Waals surface area contributed by atoms with Crippen LogP contribution in [0.3, 0.4) is 0 Å². The van der Waals surface area contributed by atoms with Crippen LogP contribution in [0.25, 0.3) is 0 Å². The molecule has 0 spiro atoms. The number of benzene rings is 1. The summed E-state index contributed by atoms with van der Waals surface area (Å²) in [6.45, 7) is 9.41. The van der Waals surface area contributed by atoms with Crippen molar-refractivity contribution in [3.63, 3.8) is 0 Å². The third kappa shape index (κ3) is 2.80. The largest absolute Gasteiger partial charge is 0.344 e. The van der Waals surface area contributed by atoms with Crippen LogP contribution in [0.4, 0.5) is 0 Å². The third-order valence-electron chi connectivity index (χ3n) is 2.38. The summed E-state index contributed by atoms with van der Waals surface area (Å²) >= 11 is 0. The smallest absolute Gasteiger partial charge is 0.192 e. The van der Waals surface area contributed by atoms with Gasteiger partial charge in [-0.3, -0.25) is 0 Å². The predicted octanol–water partition coefficient (Wildman–Crippen LogP) is 3.24. The summed E-state index contributed by atoms with van der Waals surface area (Å²) in [5, 5.41) is 0. The average molecular weight is 208 g/mol. The maximum absolute atomic E-state index is 5.56. The van der Waals surface area contributed by atoms with Gasteiger partial charge in [-0.15, -0.1) is 0 Å². The molecule has 0 amide bonds. The van der Waals surface area contributed by atoms with Gasteiger partial charge in [0, 0.05) is 5.56 Å². The summed E-state index contributed by atoms with van der Waals surface area (Å²) in [5.74, 6) is -0.522. The molecule has 1 heterocycles. The molecule has 0 unspecified atom stereocenters. The van der Waals surface area contributed by atoms with Crippen LogP contribution in [0.15, 0.2) is 24.3 Å². The van der Waals surface area contributed by atoms with Crippen molar-refractivity contribution in [1.29, 1.82) is 0 Å². The minimum absolute atomic E-state index is 0.522. The van der Waals surface area contributed by atoms with E-state index < -0.39 is 5.79 Å². The zero-order chi connectivity index (χ0) is 11.3. The Hall–Kier alpha value is -0.860. The quantitative estimate of drug-likeness (QED) is 0.705. The molecule has 84 valence electrons. The van der Waals surface area contributed by atoms with E-state index in [1.807, 2.05) is 32.9 Å². The standard InChI is InChI=1S/C11H14O2.C2H6/c1-9-4-3-5-10(8-9)11(2)12-6-7-13-11;1-2/h3-5,8H,6-7H2,1-2H3;1-2H3. The summed E-state index contributed by atoms with van der Waals surface area (Å²) in [7, 11) is 0. The van der Waals surface area contributed by atoms with E-state index in [0.717, 1.165) is 5.56 Å². The maximum atomic E-state index is 5.56. The molecule has 15 heavy (non-hydrogen) atoms. The predicted molar refractivity (Wildman–Crippen MR) is 61.8 cm³/mol. The molecule has 0 N–H and O–H groups in total. The zero-order valence-corrected chi connectivity index (χ0v) is 10.0. The fourth-order valence-corrected chi connectivity index (χ4v) is 1.61. The van der Waals surface area contributed by atoms with Crippen molar-refractivity contribution in [2.75, 3.05) is 13.2 Å². The van der Waals surface area contributed by atoms with Gasteiger partial charge in [-0.2, -0.15) is 0 Å². The second kappa shape index (κ2) is 5.29. The van der Waals surface area contributed by atoms with E-state index in [2.05, 4.69) is 19.1 Å². The number of aryl methyl sites for hydroxylation is 1. The highest BCUT2D eigenvalue weighted by Gasteiger charge is 2.32. The van der Waals surface area contributed by atoms with Gasteiger partial charge in [0.25, 0.3) is 0 Å². The van der Waals surface area contributed by atoms with E-state index in [0.29, 0.717) is 13.2 Å². The molecule has 1 saturated heterocycles. The Kier molecular flexibility index (Phi) is 4.30. The molecule has 1 aromatic carbocycles. The summed E-state index contributed by atoms with van der Waals surface area (Å²) in [5.41, 5.74) is 2.34. The molecule has 0 bridgehead atoms. The molecule has 1 aromatic rings. The highest BCUT2D eigenvalue weighted by atomic mass is 16.7. The van der Waals surface area contributed by atoms with Gasteiger partial charge in [-0.05, 0) is 13.8 Å². The molecular weight excluding hydrogens is 188 g/mol. The van der Waals surface area contributed by atoms with Crippen molar-refractivity contribution in [2.45, 2.75) is 33.5 Å². The number of rotatable bonds is 1. The summed E-state index contributed by atoms with van der Waals surface area (Å²) < 4.78 is 11.1. The Bertz CT molecular complexity index is 301. The van der Waals surface area contributed by atoms with Gasteiger partial charge < -0.3 is 9.47 Å².